The van der Waals surface area contributed by atoms with Crippen LogP contribution in [0.15, 0.2) is 42.5 Å². The summed E-state index contributed by atoms with van der Waals surface area (Å²) in [6.45, 7) is 4.28. The third-order valence-electron chi connectivity index (χ3n) is 5.50. The summed E-state index contributed by atoms with van der Waals surface area (Å²) in [5, 5.41) is 3.16. The smallest absolute Gasteiger partial charge is 0.255 e. The summed E-state index contributed by atoms with van der Waals surface area (Å²) in [4.78, 5) is 17.6. The van der Waals surface area contributed by atoms with Crippen LogP contribution in [0.25, 0.3) is 0 Å². The number of nitrogens with one attached hydrogen (secondary N) is 1. The molecule has 0 radical (unpaired) electrons. The highest BCUT2D eigenvalue weighted by Gasteiger charge is 2.20. The lowest BCUT2D eigenvalue weighted by Gasteiger charge is -2.25. The molecule has 2 saturated heterocycles. The Morgan fingerprint density at radius 1 is 0.889 bits per heavy atom. The van der Waals surface area contributed by atoms with Crippen molar-refractivity contribution < 1.29 is 9.53 Å². The summed E-state index contributed by atoms with van der Waals surface area (Å²) in [7, 11) is 1.63. The monoisotopic (exact) mass is 365 g/mol. The summed E-state index contributed by atoms with van der Waals surface area (Å²) in [5.41, 5.74) is 3.86. The molecular formula is C22H27N3O2. The highest BCUT2D eigenvalue weighted by molar-refractivity contribution is 6.06. The summed E-state index contributed by atoms with van der Waals surface area (Å²) < 4.78 is 5.18. The fraction of sp³-hybridized carbons (Fsp3) is 0.409. The summed E-state index contributed by atoms with van der Waals surface area (Å²) in [6, 6.07) is 13.7. The molecule has 2 aromatic carbocycles. The van der Waals surface area contributed by atoms with Crippen molar-refractivity contribution in [3.8, 4) is 5.75 Å². The number of methoxy groups -OCH3 is 1. The molecule has 1 N–H and O–H groups in total. The van der Waals surface area contributed by atoms with E-state index in [1.807, 2.05) is 12.1 Å². The lowest BCUT2D eigenvalue weighted by atomic mass is 10.1. The third kappa shape index (κ3) is 3.87. The number of hydrogen-bond acceptors (Lipinski definition) is 4. The van der Waals surface area contributed by atoms with Crippen molar-refractivity contribution in [3.63, 3.8) is 0 Å². The van der Waals surface area contributed by atoms with Crippen LogP contribution in [0.2, 0.25) is 0 Å². The molecule has 0 unspecified atom stereocenters. The molecule has 0 atom stereocenters. The van der Waals surface area contributed by atoms with Crippen molar-refractivity contribution in [1.29, 1.82) is 0 Å². The van der Waals surface area contributed by atoms with Crippen LogP contribution in [0.3, 0.4) is 0 Å². The van der Waals surface area contributed by atoms with Gasteiger partial charge >= 0.3 is 0 Å². The first kappa shape index (κ1) is 17.7. The fourth-order valence-corrected chi connectivity index (χ4v) is 3.97. The van der Waals surface area contributed by atoms with Crippen LogP contribution in [0.5, 0.6) is 5.75 Å². The molecule has 2 aliphatic heterocycles. The van der Waals surface area contributed by atoms with E-state index < -0.39 is 0 Å². The first-order valence-electron chi connectivity index (χ1n) is 9.84. The maximum Gasteiger partial charge on any atom is 0.255 e. The molecule has 1 amide bonds. The lowest BCUT2D eigenvalue weighted by molar-refractivity contribution is 0.102. The van der Waals surface area contributed by atoms with Gasteiger partial charge in [0.25, 0.3) is 5.91 Å². The van der Waals surface area contributed by atoms with Gasteiger partial charge in [0.15, 0.2) is 0 Å². The molecule has 0 bridgehead atoms. The molecule has 0 aliphatic carbocycles. The topological polar surface area (TPSA) is 44.8 Å². The largest absolute Gasteiger partial charge is 0.497 e. The van der Waals surface area contributed by atoms with Gasteiger partial charge in [0.05, 0.1) is 18.5 Å². The van der Waals surface area contributed by atoms with E-state index in [9.17, 15) is 4.79 Å². The van der Waals surface area contributed by atoms with Gasteiger partial charge in [-0.1, -0.05) is 0 Å². The standard InChI is InChI=1S/C22H27N3O2/c1-27-19-9-6-17(7-10-19)22(26)23-20-16-18(24-12-2-3-13-24)8-11-21(20)25-14-4-5-15-25/h6-11,16H,2-5,12-15H2,1H3,(H,23,26). The Bertz CT molecular complexity index is 792. The Balaban J connectivity index is 1.60. The van der Waals surface area contributed by atoms with E-state index >= 15 is 0 Å². The highest BCUT2D eigenvalue weighted by atomic mass is 16.5. The Morgan fingerprint density at radius 2 is 1.52 bits per heavy atom. The molecule has 142 valence electrons. The van der Waals surface area contributed by atoms with E-state index in [0.717, 1.165) is 43.3 Å². The predicted molar refractivity (Wildman–Crippen MR) is 110 cm³/mol. The van der Waals surface area contributed by atoms with Crippen molar-refractivity contribution in [1.82, 2.24) is 0 Å². The molecule has 5 nitrogen and oxygen atoms in total. The molecule has 2 aromatic rings. The van der Waals surface area contributed by atoms with Crippen molar-refractivity contribution in [2.24, 2.45) is 0 Å². The van der Waals surface area contributed by atoms with Crippen molar-refractivity contribution in [3.05, 3.63) is 48.0 Å². The molecule has 2 aliphatic rings. The normalized spacial score (nSPS) is 16.6. The number of carbonyl (C=O) groups excluding carboxylic acids is 1. The van der Waals surface area contributed by atoms with Crippen LogP contribution < -0.4 is 19.9 Å². The molecule has 0 spiro atoms. The first-order valence-corrected chi connectivity index (χ1v) is 9.84. The SMILES string of the molecule is COc1ccc(C(=O)Nc2cc(N3CCCC3)ccc2N2CCCC2)cc1. The van der Waals surface area contributed by atoms with Gasteiger partial charge in [-0.05, 0) is 68.1 Å². The van der Waals surface area contributed by atoms with E-state index in [0.29, 0.717) is 5.56 Å². The number of ether oxygens (including phenoxy) is 1. The Labute approximate surface area is 160 Å². The fourth-order valence-electron chi connectivity index (χ4n) is 3.97. The average molecular weight is 365 g/mol. The summed E-state index contributed by atoms with van der Waals surface area (Å²) >= 11 is 0. The van der Waals surface area contributed by atoms with Crippen LogP contribution >= 0.6 is 0 Å². The predicted octanol–water partition coefficient (Wildman–Crippen LogP) is 4.15. The van der Waals surface area contributed by atoms with Gasteiger partial charge in [-0.15, -0.1) is 0 Å². The number of anilines is 3. The van der Waals surface area contributed by atoms with Gasteiger partial charge in [0.1, 0.15) is 5.75 Å². The summed E-state index contributed by atoms with van der Waals surface area (Å²) in [5.74, 6) is 0.664. The second-order valence-corrected chi connectivity index (χ2v) is 7.27. The quantitative estimate of drug-likeness (QED) is 0.865. The molecule has 4 rings (SSSR count). The maximum absolute atomic E-state index is 12.8. The van der Waals surface area contributed by atoms with Crippen LogP contribution in [0.1, 0.15) is 36.0 Å². The van der Waals surface area contributed by atoms with Gasteiger partial charge in [-0.3, -0.25) is 4.79 Å². The molecule has 5 heteroatoms. The zero-order valence-corrected chi connectivity index (χ0v) is 15.9. The lowest BCUT2D eigenvalue weighted by Crippen LogP contribution is -2.23. The maximum atomic E-state index is 12.8. The summed E-state index contributed by atoms with van der Waals surface area (Å²) in [6.07, 6.45) is 4.89. The van der Waals surface area contributed by atoms with E-state index in [2.05, 4.69) is 33.3 Å². The van der Waals surface area contributed by atoms with Gasteiger partial charge in [0, 0.05) is 37.4 Å². The zero-order chi connectivity index (χ0) is 18.6. The van der Waals surface area contributed by atoms with Crippen LogP contribution in [-0.2, 0) is 0 Å². The van der Waals surface area contributed by atoms with Gasteiger partial charge in [0.2, 0.25) is 0 Å². The Morgan fingerprint density at radius 3 is 2.15 bits per heavy atom. The molecule has 27 heavy (non-hydrogen) atoms. The van der Waals surface area contributed by atoms with Crippen molar-refractivity contribution in [2.45, 2.75) is 25.7 Å². The number of benzene rings is 2. The average Bonchev–Trinajstić information content (AvgIpc) is 3.42. The molecule has 0 saturated carbocycles. The van der Waals surface area contributed by atoms with E-state index in [1.54, 1.807) is 19.2 Å². The van der Waals surface area contributed by atoms with Crippen molar-refractivity contribution in [2.75, 3.05) is 48.4 Å². The van der Waals surface area contributed by atoms with Crippen LogP contribution in [-0.4, -0.2) is 39.2 Å². The van der Waals surface area contributed by atoms with Crippen LogP contribution in [0.4, 0.5) is 17.1 Å². The number of amides is 1. The molecular weight excluding hydrogens is 338 g/mol. The highest BCUT2D eigenvalue weighted by Crippen LogP contribution is 2.34. The second-order valence-electron chi connectivity index (χ2n) is 7.27. The molecule has 2 fully saturated rings. The zero-order valence-electron chi connectivity index (χ0n) is 15.9. The second kappa shape index (κ2) is 7.91. The van der Waals surface area contributed by atoms with Gasteiger partial charge in [-0.2, -0.15) is 0 Å². The minimum absolute atomic E-state index is 0.0864. The first-order chi connectivity index (χ1) is 13.2. The number of hydrogen-bond donors (Lipinski definition) is 1. The number of carbonyl (C=O) groups is 1. The van der Waals surface area contributed by atoms with Crippen molar-refractivity contribution >= 4 is 23.0 Å². The number of rotatable bonds is 5. The van der Waals surface area contributed by atoms with Gasteiger partial charge in [-0.25, -0.2) is 0 Å². The van der Waals surface area contributed by atoms with Gasteiger partial charge < -0.3 is 19.9 Å². The Hall–Kier alpha value is -2.69. The Kier molecular flexibility index (Phi) is 5.19. The van der Waals surface area contributed by atoms with E-state index in [-0.39, 0.29) is 5.91 Å². The minimum atomic E-state index is -0.0864. The van der Waals surface area contributed by atoms with E-state index in [1.165, 1.54) is 31.4 Å². The third-order valence-corrected chi connectivity index (χ3v) is 5.50. The molecule has 2 heterocycles. The molecule has 0 aromatic heterocycles. The number of nitrogens with zero attached hydrogens (tertiary/aromatic N) is 2. The van der Waals surface area contributed by atoms with E-state index in [4.69, 9.17) is 4.74 Å². The van der Waals surface area contributed by atoms with Crippen LogP contribution in [0, 0.1) is 0 Å². The minimum Gasteiger partial charge on any atom is -0.497 e.